The maximum Gasteiger partial charge on any atom is 0.221 e. The van der Waals surface area contributed by atoms with E-state index in [9.17, 15) is 9.18 Å². The minimum atomic E-state index is -0.187. The lowest BCUT2D eigenvalue weighted by molar-refractivity contribution is -0.114. The average molecular weight is 275 g/mol. The summed E-state index contributed by atoms with van der Waals surface area (Å²) in [5, 5.41) is 2.73. The normalized spacial score (nSPS) is 10.2. The number of halogens is 1. The van der Waals surface area contributed by atoms with Crippen molar-refractivity contribution in [1.82, 2.24) is 0 Å². The van der Waals surface area contributed by atoms with Crippen molar-refractivity contribution < 1.29 is 9.18 Å². The number of rotatable bonds is 4. The molecule has 0 spiro atoms. The van der Waals surface area contributed by atoms with Gasteiger partial charge >= 0.3 is 0 Å². The molecule has 0 bridgehead atoms. The zero-order valence-corrected chi connectivity index (χ0v) is 11.3. The minimum absolute atomic E-state index is 0.101. The Labute approximate surface area is 116 Å². The number of carbonyl (C=O) groups excluding carboxylic acids is 1. The third-order valence-corrected chi connectivity index (χ3v) is 3.55. The topological polar surface area (TPSA) is 29.1 Å². The molecule has 0 aliphatic rings. The molecular formula is C15H14FNOS. The number of thioether (sulfide) groups is 1. The standard InChI is InChI=1S/C15H14FNOS/c1-11(18)17-13-6-4-7-14(9-13)19-10-12-5-2-3-8-15(12)16/h2-9H,10H2,1H3,(H,17,18). The SMILES string of the molecule is CC(=O)Nc1cccc(SCc2ccccc2F)c1. The van der Waals surface area contributed by atoms with Crippen molar-refractivity contribution in [3.63, 3.8) is 0 Å². The maximum absolute atomic E-state index is 13.5. The number of benzene rings is 2. The Bertz CT molecular complexity index is 586. The van der Waals surface area contributed by atoms with E-state index in [2.05, 4.69) is 5.32 Å². The molecule has 98 valence electrons. The second-order valence-electron chi connectivity index (χ2n) is 4.09. The van der Waals surface area contributed by atoms with Crippen LogP contribution in [0, 0.1) is 5.82 Å². The fourth-order valence-electron chi connectivity index (χ4n) is 1.64. The third-order valence-electron chi connectivity index (χ3n) is 2.51. The third kappa shape index (κ3) is 4.10. The van der Waals surface area contributed by atoms with Gasteiger partial charge in [0.25, 0.3) is 0 Å². The lowest BCUT2D eigenvalue weighted by Gasteiger charge is -2.06. The van der Waals surface area contributed by atoms with Gasteiger partial charge in [0.2, 0.25) is 5.91 Å². The zero-order chi connectivity index (χ0) is 13.7. The number of anilines is 1. The van der Waals surface area contributed by atoms with Crippen LogP contribution in [0.4, 0.5) is 10.1 Å². The van der Waals surface area contributed by atoms with Crippen molar-refractivity contribution in [2.45, 2.75) is 17.6 Å². The molecule has 0 atom stereocenters. The van der Waals surface area contributed by atoms with E-state index in [-0.39, 0.29) is 11.7 Å². The number of carbonyl (C=O) groups is 1. The Morgan fingerprint density at radius 3 is 2.74 bits per heavy atom. The van der Waals surface area contributed by atoms with Gasteiger partial charge in [0, 0.05) is 23.3 Å². The van der Waals surface area contributed by atoms with Crippen LogP contribution in [-0.4, -0.2) is 5.91 Å². The van der Waals surface area contributed by atoms with Crippen molar-refractivity contribution in [2.75, 3.05) is 5.32 Å². The van der Waals surface area contributed by atoms with Crippen LogP contribution in [0.15, 0.2) is 53.4 Å². The predicted octanol–water partition coefficient (Wildman–Crippen LogP) is 4.08. The van der Waals surface area contributed by atoms with Crippen LogP contribution in [0.5, 0.6) is 0 Å². The van der Waals surface area contributed by atoms with E-state index >= 15 is 0 Å². The molecule has 0 radical (unpaired) electrons. The molecule has 2 aromatic carbocycles. The van der Waals surface area contributed by atoms with Gasteiger partial charge in [0.15, 0.2) is 0 Å². The summed E-state index contributed by atoms with van der Waals surface area (Å²) in [5.74, 6) is 0.278. The van der Waals surface area contributed by atoms with Crippen molar-refractivity contribution in [3.05, 3.63) is 59.9 Å². The van der Waals surface area contributed by atoms with E-state index in [1.807, 2.05) is 30.3 Å². The monoisotopic (exact) mass is 275 g/mol. The van der Waals surface area contributed by atoms with E-state index in [0.29, 0.717) is 11.3 Å². The average Bonchev–Trinajstić information content (AvgIpc) is 2.37. The van der Waals surface area contributed by atoms with Gasteiger partial charge in [-0.25, -0.2) is 4.39 Å². The summed E-state index contributed by atoms with van der Waals surface area (Å²) in [6, 6.07) is 14.3. The lowest BCUT2D eigenvalue weighted by Crippen LogP contribution is -2.05. The number of hydrogen-bond acceptors (Lipinski definition) is 2. The fourth-order valence-corrected chi connectivity index (χ4v) is 2.58. The highest BCUT2D eigenvalue weighted by Crippen LogP contribution is 2.26. The van der Waals surface area contributed by atoms with E-state index < -0.39 is 0 Å². The van der Waals surface area contributed by atoms with E-state index in [1.54, 1.807) is 12.1 Å². The summed E-state index contributed by atoms with van der Waals surface area (Å²) in [6.45, 7) is 1.47. The molecule has 0 unspecified atom stereocenters. The van der Waals surface area contributed by atoms with Gasteiger partial charge < -0.3 is 5.32 Å². The van der Waals surface area contributed by atoms with Gasteiger partial charge in [-0.05, 0) is 29.8 Å². The molecule has 2 rings (SSSR count). The highest BCUT2D eigenvalue weighted by Gasteiger charge is 2.03. The second-order valence-corrected chi connectivity index (χ2v) is 5.14. The van der Waals surface area contributed by atoms with Gasteiger partial charge in [-0.15, -0.1) is 11.8 Å². The van der Waals surface area contributed by atoms with Crippen LogP contribution in [0.3, 0.4) is 0 Å². The first-order valence-corrected chi connectivity index (χ1v) is 6.87. The van der Waals surface area contributed by atoms with Crippen LogP contribution in [-0.2, 0) is 10.5 Å². The molecule has 2 aromatic rings. The fraction of sp³-hybridized carbons (Fsp3) is 0.133. The van der Waals surface area contributed by atoms with Crippen LogP contribution in [0.1, 0.15) is 12.5 Å². The van der Waals surface area contributed by atoms with Gasteiger partial charge in [-0.1, -0.05) is 24.3 Å². The van der Waals surface area contributed by atoms with Gasteiger partial charge in [-0.3, -0.25) is 4.79 Å². The van der Waals surface area contributed by atoms with Gasteiger partial charge in [0.05, 0.1) is 0 Å². The zero-order valence-electron chi connectivity index (χ0n) is 10.5. The molecule has 1 N–H and O–H groups in total. The van der Waals surface area contributed by atoms with Crippen molar-refractivity contribution in [2.24, 2.45) is 0 Å². The Morgan fingerprint density at radius 1 is 1.21 bits per heavy atom. The Kier molecular flexibility index (Phi) is 4.58. The Morgan fingerprint density at radius 2 is 2.00 bits per heavy atom. The summed E-state index contributed by atoms with van der Waals surface area (Å²) < 4.78 is 13.5. The number of amides is 1. The molecule has 0 aromatic heterocycles. The summed E-state index contributed by atoms with van der Waals surface area (Å²) in [5.41, 5.74) is 1.43. The van der Waals surface area contributed by atoms with E-state index in [1.165, 1.54) is 24.8 Å². The number of hydrogen-bond donors (Lipinski definition) is 1. The summed E-state index contributed by atoms with van der Waals surface area (Å²) in [6.07, 6.45) is 0. The van der Waals surface area contributed by atoms with Crippen molar-refractivity contribution >= 4 is 23.4 Å². The molecule has 0 fully saturated rings. The van der Waals surface area contributed by atoms with E-state index in [0.717, 1.165) is 10.6 Å². The number of nitrogens with one attached hydrogen (secondary N) is 1. The first kappa shape index (κ1) is 13.6. The highest BCUT2D eigenvalue weighted by molar-refractivity contribution is 7.98. The maximum atomic E-state index is 13.5. The molecule has 19 heavy (non-hydrogen) atoms. The molecule has 0 saturated carbocycles. The summed E-state index contributed by atoms with van der Waals surface area (Å²) in [7, 11) is 0. The molecule has 2 nitrogen and oxygen atoms in total. The van der Waals surface area contributed by atoms with Crippen molar-refractivity contribution in [1.29, 1.82) is 0 Å². The Hall–Kier alpha value is -1.81. The molecule has 4 heteroatoms. The summed E-state index contributed by atoms with van der Waals surface area (Å²) >= 11 is 1.54. The lowest BCUT2D eigenvalue weighted by atomic mass is 10.2. The predicted molar refractivity (Wildman–Crippen MR) is 76.7 cm³/mol. The molecule has 0 heterocycles. The second kappa shape index (κ2) is 6.38. The van der Waals surface area contributed by atoms with Crippen LogP contribution in [0.2, 0.25) is 0 Å². The first-order valence-electron chi connectivity index (χ1n) is 5.89. The molecule has 0 aliphatic carbocycles. The highest BCUT2D eigenvalue weighted by atomic mass is 32.2. The van der Waals surface area contributed by atoms with Crippen LogP contribution >= 0.6 is 11.8 Å². The van der Waals surface area contributed by atoms with E-state index in [4.69, 9.17) is 0 Å². The smallest absolute Gasteiger partial charge is 0.221 e. The van der Waals surface area contributed by atoms with Crippen molar-refractivity contribution in [3.8, 4) is 0 Å². The largest absolute Gasteiger partial charge is 0.326 e. The van der Waals surface area contributed by atoms with Crippen LogP contribution < -0.4 is 5.32 Å². The van der Waals surface area contributed by atoms with Crippen LogP contribution in [0.25, 0.3) is 0 Å². The van der Waals surface area contributed by atoms with Gasteiger partial charge in [0.1, 0.15) is 5.82 Å². The molecular weight excluding hydrogens is 261 g/mol. The molecule has 0 saturated heterocycles. The molecule has 0 aliphatic heterocycles. The quantitative estimate of drug-likeness (QED) is 0.852. The first-order chi connectivity index (χ1) is 9.15. The molecule has 1 amide bonds. The summed E-state index contributed by atoms with van der Waals surface area (Å²) in [4.78, 5) is 12.0. The Balaban J connectivity index is 2.03. The minimum Gasteiger partial charge on any atom is -0.326 e. The van der Waals surface area contributed by atoms with Gasteiger partial charge in [-0.2, -0.15) is 0 Å².